The lowest BCUT2D eigenvalue weighted by Crippen LogP contribution is -2.22. The first-order valence-electron chi connectivity index (χ1n) is 5.88. The quantitative estimate of drug-likeness (QED) is 0.872. The molecule has 2 heterocycles. The van der Waals surface area contributed by atoms with Crippen LogP contribution in [-0.2, 0) is 23.0 Å². The van der Waals surface area contributed by atoms with E-state index in [4.69, 9.17) is 9.56 Å². The van der Waals surface area contributed by atoms with Gasteiger partial charge in [0.15, 0.2) is 0 Å². The molecule has 0 fully saturated rings. The molecule has 0 aliphatic carbocycles. The van der Waals surface area contributed by atoms with Crippen LogP contribution < -0.4 is 10.5 Å². The third kappa shape index (κ3) is 3.27. The summed E-state index contributed by atoms with van der Waals surface area (Å²) in [5.41, 5.74) is 0.496. The van der Waals surface area contributed by atoms with Crippen molar-refractivity contribution in [3.05, 3.63) is 40.7 Å². The maximum atomic E-state index is 12.0. The minimum absolute atomic E-state index is 0.0827. The predicted molar refractivity (Wildman–Crippen MR) is 74.9 cm³/mol. The second kappa shape index (κ2) is 5.78. The third-order valence-electron chi connectivity index (χ3n) is 2.65. The van der Waals surface area contributed by atoms with Gasteiger partial charge in [0.2, 0.25) is 10.0 Å². The Kier molecular flexibility index (Phi) is 4.26. The molecule has 0 bridgehead atoms. The molecule has 0 radical (unpaired) electrons. The number of aryl methyl sites for hydroxylation is 1. The summed E-state index contributed by atoms with van der Waals surface area (Å²) in [6.45, 7) is 2.14. The SMILES string of the molecule is CCc1occc1C(=O)NCc1ccc(S(N)(=O)=O)s1. The van der Waals surface area contributed by atoms with Gasteiger partial charge in [-0.2, -0.15) is 0 Å². The number of rotatable bonds is 5. The molecule has 3 N–H and O–H groups in total. The van der Waals surface area contributed by atoms with Crippen LogP contribution in [-0.4, -0.2) is 14.3 Å². The van der Waals surface area contributed by atoms with Gasteiger partial charge in [0.25, 0.3) is 5.91 Å². The molecule has 0 aromatic carbocycles. The van der Waals surface area contributed by atoms with E-state index < -0.39 is 10.0 Å². The highest BCUT2D eigenvalue weighted by Gasteiger charge is 2.14. The lowest BCUT2D eigenvalue weighted by atomic mass is 10.2. The van der Waals surface area contributed by atoms with Crippen molar-refractivity contribution in [2.75, 3.05) is 0 Å². The van der Waals surface area contributed by atoms with E-state index in [-0.39, 0.29) is 16.7 Å². The molecule has 6 nitrogen and oxygen atoms in total. The lowest BCUT2D eigenvalue weighted by Gasteiger charge is -2.02. The van der Waals surface area contributed by atoms with Crippen molar-refractivity contribution in [2.45, 2.75) is 24.1 Å². The van der Waals surface area contributed by atoms with Crippen LogP contribution >= 0.6 is 11.3 Å². The molecule has 0 saturated carbocycles. The van der Waals surface area contributed by atoms with Gasteiger partial charge in [0, 0.05) is 11.3 Å². The molecule has 8 heteroatoms. The maximum Gasteiger partial charge on any atom is 0.255 e. The standard InChI is InChI=1S/C12H14N2O4S2/c1-2-10-9(5-6-18-10)12(15)14-7-8-3-4-11(19-8)20(13,16)17/h3-6H,2,7H2,1H3,(H,14,15)(H2,13,16,17). The van der Waals surface area contributed by atoms with Gasteiger partial charge in [-0.1, -0.05) is 6.92 Å². The summed E-state index contributed by atoms with van der Waals surface area (Å²) in [5.74, 6) is 0.375. The van der Waals surface area contributed by atoms with E-state index in [1.54, 1.807) is 12.1 Å². The zero-order valence-electron chi connectivity index (χ0n) is 10.8. The van der Waals surface area contributed by atoms with Gasteiger partial charge in [-0.25, -0.2) is 13.6 Å². The van der Waals surface area contributed by atoms with Crippen LogP contribution in [0.15, 0.2) is 33.1 Å². The van der Waals surface area contributed by atoms with E-state index in [0.717, 1.165) is 11.3 Å². The Morgan fingerprint density at radius 3 is 2.75 bits per heavy atom. The highest BCUT2D eigenvalue weighted by molar-refractivity contribution is 7.91. The fourth-order valence-corrected chi connectivity index (χ4v) is 3.40. The number of carbonyl (C=O) groups excluding carboxylic acids is 1. The van der Waals surface area contributed by atoms with Crippen LogP contribution in [0.2, 0.25) is 0 Å². The maximum absolute atomic E-state index is 12.0. The zero-order chi connectivity index (χ0) is 14.8. The van der Waals surface area contributed by atoms with Crippen molar-refractivity contribution < 1.29 is 17.6 Å². The zero-order valence-corrected chi connectivity index (χ0v) is 12.4. The molecule has 108 valence electrons. The molecule has 0 aliphatic rings. The number of hydrogen-bond donors (Lipinski definition) is 2. The van der Waals surface area contributed by atoms with Crippen molar-refractivity contribution in [3.63, 3.8) is 0 Å². The molecular formula is C12H14N2O4S2. The van der Waals surface area contributed by atoms with Crippen molar-refractivity contribution in [1.82, 2.24) is 5.32 Å². The summed E-state index contributed by atoms with van der Waals surface area (Å²) in [7, 11) is -3.68. The van der Waals surface area contributed by atoms with Gasteiger partial charge >= 0.3 is 0 Å². The summed E-state index contributed by atoms with van der Waals surface area (Å²) < 4.78 is 27.6. The molecular weight excluding hydrogens is 300 g/mol. The summed E-state index contributed by atoms with van der Waals surface area (Å²) in [6.07, 6.45) is 2.10. The van der Waals surface area contributed by atoms with Crippen molar-refractivity contribution in [1.29, 1.82) is 0 Å². The van der Waals surface area contributed by atoms with Crippen LogP contribution in [0.25, 0.3) is 0 Å². The van der Waals surface area contributed by atoms with Crippen molar-refractivity contribution in [3.8, 4) is 0 Å². The fraction of sp³-hybridized carbons (Fsp3) is 0.250. The highest BCUT2D eigenvalue weighted by Crippen LogP contribution is 2.20. The molecule has 1 amide bonds. The number of sulfonamides is 1. The molecule has 2 rings (SSSR count). The molecule has 0 unspecified atom stereocenters. The van der Waals surface area contributed by atoms with Gasteiger partial charge in [0.05, 0.1) is 18.4 Å². The number of primary sulfonamides is 1. The van der Waals surface area contributed by atoms with Crippen molar-refractivity contribution >= 4 is 27.3 Å². The fourth-order valence-electron chi connectivity index (χ4n) is 1.69. The number of nitrogens with two attached hydrogens (primary N) is 1. The number of furan rings is 1. The normalized spacial score (nSPS) is 11.5. The Morgan fingerprint density at radius 1 is 1.40 bits per heavy atom. The Morgan fingerprint density at radius 2 is 2.15 bits per heavy atom. The summed E-state index contributed by atoms with van der Waals surface area (Å²) in [6, 6.07) is 4.66. The first kappa shape index (κ1) is 14.8. The first-order chi connectivity index (χ1) is 9.41. The van der Waals surface area contributed by atoms with Gasteiger partial charge < -0.3 is 9.73 Å². The van der Waals surface area contributed by atoms with Crippen LogP contribution in [0.3, 0.4) is 0 Å². The Bertz CT molecular complexity index is 715. The number of carbonyl (C=O) groups is 1. The summed E-state index contributed by atoms with van der Waals surface area (Å²) in [4.78, 5) is 12.7. The molecule has 0 atom stereocenters. The van der Waals surface area contributed by atoms with E-state index in [1.165, 1.54) is 12.3 Å². The van der Waals surface area contributed by atoms with E-state index in [0.29, 0.717) is 22.6 Å². The smallest absolute Gasteiger partial charge is 0.255 e. The highest BCUT2D eigenvalue weighted by atomic mass is 32.2. The summed E-state index contributed by atoms with van der Waals surface area (Å²) >= 11 is 1.04. The van der Waals surface area contributed by atoms with Crippen molar-refractivity contribution in [2.24, 2.45) is 5.14 Å². The third-order valence-corrected chi connectivity index (χ3v) is 5.18. The van der Waals surface area contributed by atoms with Gasteiger partial charge in [0.1, 0.15) is 9.97 Å². The predicted octanol–water partition coefficient (Wildman–Crippen LogP) is 1.48. The Hall–Kier alpha value is -1.64. The van der Waals surface area contributed by atoms with E-state index in [9.17, 15) is 13.2 Å². The molecule has 2 aromatic heterocycles. The van der Waals surface area contributed by atoms with Crippen LogP contribution in [0, 0.1) is 0 Å². The molecule has 0 saturated heterocycles. The lowest BCUT2D eigenvalue weighted by molar-refractivity contribution is 0.0949. The van der Waals surface area contributed by atoms with Crippen LogP contribution in [0.1, 0.15) is 27.9 Å². The monoisotopic (exact) mass is 314 g/mol. The van der Waals surface area contributed by atoms with Gasteiger partial charge in [-0.15, -0.1) is 11.3 Å². The van der Waals surface area contributed by atoms with E-state index in [2.05, 4.69) is 5.32 Å². The van der Waals surface area contributed by atoms with Gasteiger partial charge in [-0.3, -0.25) is 4.79 Å². The Balaban J connectivity index is 2.02. The van der Waals surface area contributed by atoms with E-state index in [1.807, 2.05) is 6.92 Å². The van der Waals surface area contributed by atoms with Crippen LogP contribution in [0.4, 0.5) is 0 Å². The van der Waals surface area contributed by atoms with Crippen LogP contribution in [0.5, 0.6) is 0 Å². The molecule has 2 aromatic rings. The largest absolute Gasteiger partial charge is 0.469 e. The molecule has 0 spiro atoms. The topological polar surface area (TPSA) is 102 Å². The Labute approximate surface area is 120 Å². The number of hydrogen-bond acceptors (Lipinski definition) is 5. The minimum Gasteiger partial charge on any atom is -0.469 e. The van der Waals surface area contributed by atoms with E-state index >= 15 is 0 Å². The second-order valence-electron chi connectivity index (χ2n) is 4.06. The number of thiophene rings is 1. The number of nitrogens with one attached hydrogen (secondary N) is 1. The van der Waals surface area contributed by atoms with Gasteiger partial charge in [-0.05, 0) is 18.2 Å². The molecule has 0 aliphatic heterocycles. The molecule has 20 heavy (non-hydrogen) atoms. The second-order valence-corrected chi connectivity index (χ2v) is 7.02. The average Bonchev–Trinajstić information content (AvgIpc) is 3.03. The number of amides is 1. The minimum atomic E-state index is -3.68. The first-order valence-corrected chi connectivity index (χ1v) is 8.24. The summed E-state index contributed by atoms with van der Waals surface area (Å²) in [5, 5.41) is 7.74. The average molecular weight is 314 g/mol.